The van der Waals surface area contributed by atoms with E-state index in [2.05, 4.69) is 17.0 Å². The molecule has 0 fully saturated rings. The lowest BCUT2D eigenvalue weighted by atomic mass is 9.87. The summed E-state index contributed by atoms with van der Waals surface area (Å²) in [5, 5.41) is 10.7. The average Bonchev–Trinajstić information content (AvgIpc) is 2.83. The Morgan fingerprint density at radius 3 is 2.38 bits per heavy atom. The van der Waals surface area contributed by atoms with E-state index in [1.165, 1.54) is 11.6 Å². The van der Waals surface area contributed by atoms with Gasteiger partial charge in [0.1, 0.15) is 12.7 Å². The van der Waals surface area contributed by atoms with Crippen molar-refractivity contribution < 1.29 is 23.7 Å². The van der Waals surface area contributed by atoms with Crippen molar-refractivity contribution in [3.63, 3.8) is 0 Å². The molecular weight excluding hydrogens is 409 g/mol. The van der Waals surface area contributed by atoms with E-state index in [-0.39, 0.29) is 18.4 Å². The summed E-state index contributed by atoms with van der Waals surface area (Å²) < 4.78 is 30.4. The van der Waals surface area contributed by atoms with Crippen LogP contribution in [-0.2, 0) is 6.42 Å². The molecule has 6 heteroatoms. The fraction of sp³-hybridized carbons (Fsp3) is 0.308. The van der Waals surface area contributed by atoms with E-state index >= 15 is 0 Å². The number of hydrogen-bond donors (Lipinski definition) is 1. The zero-order valence-electron chi connectivity index (χ0n) is 18.3. The molecule has 0 spiro atoms. The molecule has 1 aliphatic heterocycles. The fourth-order valence-corrected chi connectivity index (χ4v) is 4.29. The molecule has 0 radical (unpaired) electrons. The second-order valence-electron chi connectivity index (χ2n) is 7.86. The van der Waals surface area contributed by atoms with Crippen molar-refractivity contribution in [3.8, 4) is 17.2 Å². The van der Waals surface area contributed by atoms with Gasteiger partial charge in [-0.1, -0.05) is 42.5 Å². The van der Waals surface area contributed by atoms with E-state index in [9.17, 15) is 9.50 Å². The van der Waals surface area contributed by atoms with E-state index in [1.54, 1.807) is 32.4 Å². The molecule has 1 heterocycles. The Kier molecular flexibility index (Phi) is 6.93. The molecule has 0 amide bonds. The number of fused-ring (bicyclic) bond motifs is 1. The van der Waals surface area contributed by atoms with Crippen LogP contribution < -0.4 is 14.2 Å². The molecule has 3 aromatic rings. The molecule has 0 aromatic heterocycles. The van der Waals surface area contributed by atoms with Crippen molar-refractivity contribution in [2.75, 3.05) is 33.9 Å². The van der Waals surface area contributed by atoms with Gasteiger partial charge in [-0.2, -0.15) is 0 Å². The van der Waals surface area contributed by atoms with Crippen LogP contribution >= 0.6 is 0 Å². The van der Waals surface area contributed by atoms with Crippen molar-refractivity contribution in [1.82, 2.24) is 4.90 Å². The second kappa shape index (κ2) is 10.0. The number of hydrogen-bond acceptors (Lipinski definition) is 5. The third-order valence-corrected chi connectivity index (χ3v) is 5.80. The minimum absolute atomic E-state index is 0.0116. The van der Waals surface area contributed by atoms with Crippen LogP contribution in [0.3, 0.4) is 0 Å². The third-order valence-electron chi connectivity index (χ3n) is 5.80. The van der Waals surface area contributed by atoms with Crippen LogP contribution in [0.5, 0.6) is 17.2 Å². The molecule has 0 bridgehead atoms. The van der Waals surface area contributed by atoms with Gasteiger partial charge >= 0.3 is 0 Å². The van der Waals surface area contributed by atoms with Crippen molar-refractivity contribution in [3.05, 3.63) is 89.2 Å². The molecule has 3 aromatic carbocycles. The number of benzene rings is 3. The van der Waals surface area contributed by atoms with E-state index in [1.807, 2.05) is 30.3 Å². The molecule has 0 saturated carbocycles. The highest BCUT2D eigenvalue weighted by atomic mass is 19.1. The van der Waals surface area contributed by atoms with Crippen molar-refractivity contribution >= 4 is 0 Å². The van der Waals surface area contributed by atoms with E-state index in [0.29, 0.717) is 18.0 Å². The Morgan fingerprint density at radius 2 is 1.66 bits per heavy atom. The first kappa shape index (κ1) is 22.1. The van der Waals surface area contributed by atoms with Crippen LogP contribution in [0, 0.1) is 5.82 Å². The molecule has 1 N–H and O–H groups in total. The minimum Gasteiger partial charge on any atom is -0.493 e. The smallest absolute Gasteiger partial charge is 0.165 e. The highest BCUT2D eigenvalue weighted by Gasteiger charge is 2.31. The van der Waals surface area contributed by atoms with Gasteiger partial charge in [0.05, 0.1) is 20.3 Å². The summed E-state index contributed by atoms with van der Waals surface area (Å²) >= 11 is 0. The zero-order valence-corrected chi connectivity index (χ0v) is 18.3. The topological polar surface area (TPSA) is 51.2 Å². The maximum Gasteiger partial charge on any atom is 0.165 e. The van der Waals surface area contributed by atoms with Crippen LogP contribution in [0.1, 0.15) is 22.7 Å². The Bertz CT molecular complexity index is 1040. The van der Waals surface area contributed by atoms with Crippen molar-refractivity contribution in [2.45, 2.75) is 18.6 Å². The highest BCUT2D eigenvalue weighted by Crippen LogP contribution is 2.41. The number of rotatable bonds is 8. The number of ether oxygens (including phenoxy) is 3. The molecule has 2 atom stereocenters. The molecule has 1 aliphatic rings. The number of aliphatic hydroxyl groups is 1. The first-order chi connectivity index (χ1) is 15.6. The highest BCUT2D eigenvalue weighted by molar-refractivity contribution is 5.51. The summed E-state index contributed by atoms with van der Waals surface area (Å²) in [6, 6.07) is 20.4. The van der Waals surface area contributed by atoms with Crippen molar-refractivity contribution in [1.29, 1.82) is 0 Å². The van der Waals surface area contributed by atoms with Crippen molar-refractivity contribution in [2.24, 2.45) is 0 Å². The zero-order chi connectivity index (χ0) is 22.5. The average molecular weight is 438 g/mol. The van der Waals surface area contributed by atoms with Gasteiger partial charge in [-0.05, 0) is 47.4 Å². The molecule has 0 saturated heterocycles. The summed E-state index contributed by atoms with van der Waals surface area (Å²) in [5.74, 6) is 1.10. The van der Waals surface area contributed by atoms with Crippen LogP contribution in [0.25, 0.3) is 0 Å². The van der Waals surface area contributed by atoms with Gasteiger partial charge in [-0.3, -0.25) is 4.90 Å². The monoisotopic (exact) mass is 437 g/mol. The first-order valence-corrected chi connectivity index (χ1v) is 10.7. The van der Waals surface area contributed by atoms with Gasteiger partial charge in [0, 0.05) is 13.1 Å². The van der Waals surface area contributed by atoms with Gasteiger partial charge in [0.25, 0.3) is 0 Å². The van der Waals surface area contributed by atoms with E-state index in [4.69, 9.17) is 14.2 Å². The standard InChI is InChI=1S/C26H28FNO4/c1-30-24-14-19-12-13-28(16-20(29)17-32-23-11-7-6-10-22(23)27)26(18-8-4-3-5-9-18)21(19)15-25(24)31-2/h3-11,14-15,20,26,29H,12-13,16-17H2,1-2H3. The van der Waals surface area contributed by atoms with Gasteiger partial charge in [-0.25, -0.2) is 4.39 Å². The summed E-state index contributed by atoms with van der Waals surface area (Å²) in [5.41, 5.74) is 3.45. The van der Waals surface area contributed by atoms with Gasteiger partial charge in [0.2, 0.25) is 0 Å². The number of aliphatic hydroxyl groups excluding tert-OH is 1. The molecule has 32 heavy (non-hydrogen) atoms. The predicted molar refractivity (Wildman–Crippen MR) is 121 cm³/mol. The van der Waals surface area contributed by atoms with Gasteiger partial charge in [-0.15, -0.1) is 0 Å². The summed E-state index contributed by atoms with van der Waals surface area (Å²) in [6.07, 6.45) is 0.0439. The van der Waals surface area contributed by atoms with E-state index < -0.39 is 11.9 Å². The molecule has 5 nitrogen and oxygen atoms in total. The molecule has 4 rings (SSSR count). The normalized spacial score (nSPS) is 16.8. The predicted octanol–water partition coefficient (Wildman–Crippen LogP) is 4.23. The lowest BCUT2D eigenvalue weighted by molar-refractivity contribution is 0.0542. The second-order valence-corrected chi connectivity index (χ2v) is 7.86. The summed E-state index contributed by atoms with van der Waals surface area (Å²) in [4.78, 5) is 2.24. The Balaban J connectivity index is 1.58. The summed E-state index contributed by atoms with van der Waals surface area (Å²) in [6.45, 7) is 1.17. The lowest BCUT2D eigenvalue weighted by Gasteiger charge is -2.39. The minimum atomic E-state index is -0.775. The molecule has 168 valence electrons. The largest absolute Gasteiger partial charge is 0.493 e. The van der Waals surface area contributed by atoms with Crippen LogP contribution in [0.15, 0.2) is 66.7 Å². The maximum atomic E-state index is 13.8. The Hall–Kier alpha value is -3.09. The maximum absolute atomic E-state index is 13.8. The van der Waals surface area contributed by atoms with Gasteiger partial charge in [0.15, 0.2) is 23.1 Å². The van der Waals surface area contributed by atoms with Crippen LogP contribution in [0.4, 0.5) is 4.39 Å². The number of nitrogens with zero attached hydrogens (tertiary/aromatic N) is 1. The number of β-amino-alcohol motifs (C(OH)–C–C–N with tert-alkyl or cyclic N) is 1. The Labute approximate surface area is 188 Å². The summed E-state index contributed by atoms with van der Waals surface area (Å²) in [7, 11) is 3.27. The quantitative estimate of drug-likeness (QED) is 0.572. The number of halogens is 1. The SMILES string of the molecule is COc1cc2c(cc1OC)C(c1ccccc1)N(CC(O)COc1ccccc1F)CC2. The van der Waals surface area contributed by atoms with Crippen LogP contribution in [0.2, 0.25) is 0 Å². The number of methoxy groups -OCH3 is 2. The van der Waals surface area contributed by atoms with Gasteiger partial charge < -0.3 is 19.3 Å². The number of para-hydroxylation sites is 1. The Morgan fingerprint density at radius 1 is 0.969 bits per heavy atom. The van der Waals surface area contributed by atoms with Crippen LogP contribution in [-0.4, -0.2) is 50.0 Å². The fourth-order valence-electron chi connectivity index (χ4n) is 4.29. The third kappa shape index (κ3) is 4.71. The van der Waals surface area contributed by atoms with E-state index in [0.717, 1.165) is 24.1 Å². The molecule has 0 aliphatic carbocycles. The first-order valence-electron chi connectivity index (χ1n) is 10.7. The lowest BCUT2D eigenvalue weighted by Crippen LogP contribution is -2.42. The molecular formula is C26H28FNO4. The molecule has 2 unspecified atom stereocenters.